The SMILES string of the molecule is Cc1c(Cl)ccc(OCC(=O)Nc2ccccc2)c1C. The number of rotatable bonds is 4. The number of halogens is 1. The smallest absolute Gasteiger partial charge is 0.262 e. The maximum Gasteiger partial charge on any atom is 0.262 e. The molecular formula is C16H16ClNO2. The Kier molecular flexibility index (Phi) is 4.64. The van der Waals surface area contributed by atoms with Crippen LogP contribution >= 0.6 is 11.6 Å². The van der Waals surface area contributed by atoms with Crippen molar-refractivity contribution in [1.82, 2.24) is 0 Å². The molecule has 0 aliphatic rings. The van der Waals surface area contributed by atoms with Crippen molar-refractivity contribution in [3.63, 3.8) is 0 Å². The number of nitrogens with one attached hydrogen (secondary N) is 1. The molecule has 0 bridgehead atoms. The lowest BCUT2D eigenvalue weighted by atomic mass is 10.1. The van der Waals surface area contributed by atoms with Gasteiger partial charge in [0.1, 0.15) is 5.75 Å². The predicted molar refractivity (Wildman–Crippen MR) is 81.5 cm³/mol. The Bertz CT molecular complexity index is 611. The van der Waals surface area contributed by atoms with Crippen LogP contribution in [-0.2, 0) is 4.79 Å². The van der Waals surface area contributed by atoms with Crippen LogP contribution in [0.25, 0.3) is 0 Å². The fraction of sp³-hybridized carbons (Fsp3) is 0.188. The van der Waals surface area contributed by atoms with Crippen LogP contribution in [0.1, 0.15) is 11.1 Å². The highest BCUT2D eigenvalue weighted by Gasteiger charge is 2.08. The second-order valence-corrected chi connectivity index (χ2v) is 4.91. The quantitative estimate of drug-likeness (QED) is 0.925. The molecule has 0 aromatic heterocycles. The van der Waals surface area contributed by atoms with Gasteiger partial charge in [-0.2, -0.15) is 0 Å². The second-order valence-electron chi connectivity index (χ2n) is 4.50. The molecule has 2 rings (SSSR count). The average molecular weight is 290 g/mol. The van der Waals surface area contributed by atoms with Crippen LogP contribution in [0, 0.1) is 13.8 Å². The first-order valence-electron chi connectivity index (χ1n) is 6.31. The van der Waals surface area contributed by atoms with Crippen molar-refractivity contribution in [1.29, 1.82) is 0 Å². The summed E-state index contributed by atoms with van der Waals surface area (Å²) in [6.07, 6.45) is 0. The summed E-state index contributed by atoms with van der Waals surface area (Å²) in [6, 6.07) is 12.8. The van der Waals surface area contributed by atoms with E-state index < -0.39 is 0 Å². The molecule has 4 heteroatoms. The lowest BCUT2D eigenvalue weighted by molar-refractivity contribution is -0.118. The molecule has 0 saturated heterocycles. The highest BCUT2D eigenvalue weighted by molar-refractivity contribution is 6.31. The minimum atomic E-state index is -0.191. The van der Waals surface area contributed by atoms with Gasteiger partial charge in [-0.15, -0.1) is 0 Å². The number of carbonyl (C=O) groups is 1. The minimum Gasteiger partial charge on any atom is -0.483 e. The van der Waals surface area contributed by atoms with E-state index in [1.165, 1.54) is 0 Å². The van der Waals surface area contributed by atoms with E-state index in [1.54, 1.807) is 12.1 Å². The number of benzene rings is 2. The fourth-order valence-corrected chi connectivity index (χ4v) is 1.99. The minimum absolute atomic E-state index is 0.0309. The second kappa shape index (κ2) is 6.44. The van der Waals surface area contributed by atoms with Crippen LogP contribution < -0.4 is 10.1 Å². The van der Waals surface area contributed by atoms with Gasteiger partial charge in [0.25, 0.3) is 5.91 Å². The van der Waals surface area contributed by atoms with Crippen molar-refractivity contribution >= 4 is 23.2 Å². The van der Waals surface area contributed by atoms with Gasteiger partial charge in [-0.25, -0.2) is 0 Å². The summed E-state index contributed by atoms with van der Waals surface area (Å²) in [6.45, 7) is 3.82. The molecule has 0 aliphatic carbocycles. The van der Waals surface area contributed by atoms with Crippen LogP contribution in [0.5, 0.6) is 5.75 Å². The van der Waals surface area contributed by atoms with Crippen LogP contribution in [0.15, 0.2) is 42.5 Å². The van der Waals surface area contributed by atoms with E-state index in [4.69, 9.17) is 16.3 Å². The third-order valence-corrected chi connectivity index (χ3v) is 3.50. The summed E-state index contributed by atoms with van der Waals surface area (Å²) in [5.74, 6) is 0.485. The Morgan fingerprint density at radius 3 is 2.50 bits per heavy atom. The Morgan fingerprint density at radius 2 is 1.80 bits per heavy atom. The van der Waals surface area contributed by atoms with Gasteiger partial charge in [-0.3, -0.25) is 4.79 Å². The number of carbonyl (C=O) groups excluding carboxylic acids is 1. The summed E-state index contributed by atoms with van der Waals surface area (Å²) in [4.78, 5) is 11.8. The van der Waals surface area contributed by atoms with Gasteiger partial charge in [0, 0.05) is 10.7 Å². The molecule has 104 valence electrons. The summed E-state index contributed by atoms with van der Waals surface area (Å²) in [5, 5.41) is 3.47. The third-order valence-electron chi connectivity index (χ3n) is 3.09. The largest absolute Gasteiger partial charge is 0.483 e. The first kappa shape index (κ1) is 14.4. The van der Waals surface area contributed by atoms with Gasteiger partial charge in [0.2, 0.25) is 0 Å². The molecule has 3 nitrogen and oxygen atoms in total. The van der Waals surface area contributed by atoms with Crippen LogP contribution in [0.4, 0.5) is 5.69 Å². The molecule has 2 aromatic rings. The van der Waals surface area contributed by atoms with E-state index in [0.717, 1.165) is 16.8 Å². The topological polar surface area (TPSA) is 38.3 Å². The van der Waals surface area contributed by atoms with Crippen LogP contribution in [-0.4, -0.2) is 12.5 Å². The number of ether oxygens (including phenoxy) is 1. The lowest BCUT2D eigenvalue weighted by Gasteiger charge is -2.12. The van der Waals surface area contributed by atoms with Crippen molar-refractivity contribution in [2.24, 2.45) is 0 Å². The van der Waals surface area contributed by atoms with Gasteiger partial charge in [0.05, 0.1) is 0 Å². The number of amides is 1. The molecule has 1 amide bonds. The lowest BCUT2D eigenvalue weighted by Crippen LogP contribution is -2.20. The molecule has 20 heavy (non-hydrogen) atoms. The third kappa shape index (κ3) is 3.52. The molecule has 0 spiro atoms. The Labute approximate surface area is 123 Å². The summed E-state index contributed by atoms with van der Waals surface area (Å²) in [5.41, 5.74) is 2.67. The van der Waals surface area contributed by atoms with Crippen molar-refractivity contribution in [3.8, 4) is 5.75 Å². The van der Waals surface area contributed by atoms with E-state index in [-0.39, 0.29) is 12.5 Å². The first-order valence-corrected chi connectivity index (χ1v) is 6.69. The van der Waals surface area contributed by atoms with Crippen molar-refractivity contribution < 1.29 is 9.53 Å². The zero-order valence-corrected chi connectivity index (χ0v) is 12.2. The average Bonchev–Trinajstić information content (AvgIpc) is 2.45. The molecule has 2 aromatic carbocycles. The highest BCUT2D eigenvalue weighted by Crippen LogP contribution is 2.27. The number of para-hydroxylation sites is 1. The summed E-state index contributed by atoms with van der Waals surface area (Å²) in [7, 11) is 0. The van der Waals surface area contributed by atoms with E-state index >= 15 is 0 Å². The number of anilines is 1. The van der Waals surface area contributed by atoms with Crippen LogP contribution in [0.2, 0.25) is 5.02 Å². The highest BCUT2D eigenvalue weighted by atomic mass is 35.5. The van der Waals surface area contributed by atoms with Gasteiger partial charge in [0.15, 0.2) is 6.61 Å². The van der Waals surface area contributed by atoms with Crippen molar-refractivity contribution in [2.75, 3.05) is 11.9 Å². The Balaban J connectivity index is 1.96. The maximum atomic E-state index is 11.8. The van der Waals surface area contributed by atoms with E-state index in [0.29, 0.717) is 10.8 Å². The standard InChI is InChI=1S/C16H16ClNO2/c1-11-12(2)15(9-8-14(11)17)20-10-16(19)18-13-6-4-3-5-7-13/h3-9H,10H2,1-2H3,(H,18,19). The number of hydrogen-bond donors (Lipinski definition) is 1. The van der Waals surface area contributed by atoms with E-state index in [1.807, 2.05) is 44.2 Å². The monoisotopic (exact) mass is 289 g/mol. The molecule has 0 atom stereocenters. The van der Waals surface area contributed by atoms with E-state index in [9.17, 15) is 4.79 Å². The Hall–Kier alpha value is -2.00. The van der Waals surface area contributed by atoms with Gasteiger partial charge < -0.3 is 10.1 Å². The summed E-state index contributed by atoms with van der Waals surface area (Å²) < 4.78 is 5.54. The zero-order valence-electron chi connectivity index (χ0n) is 11.4. The van der Waals surface area contributed by atoms with E-state index in [2.05, 4.69) is 5.32 Å². The van der Waals surface area contributed by atoms with Gasteiger partial charge >= 0.3 is 0 Å². The van der Waals surface area contributed by atoms with Gasteiger partial charge in [-0.05, 0) is 49.2 Å². The fourth-order valence-electron chi connectivity index (χ4n) is 1.78. The molecule has 0 aliphatic heterocycles. The normalized spacial score (nSPS) is 10.2. The molecule has 0 heterocycles. The van der Waals surface area contributed by atoms with Crippen molar-refractivity contribution in [2.45, 2.75) is 13.8 Å². The molecule has 0 unspecified atom stereocenters. The Morgan fingerprint density at radius 1 is 1.10 bits per heavy atom. The molecule has 0 radical (unpaired) electrons. The predicted octanol–water partition coefficient (Wildman–Crippen LogP) is 3.97. The molecule has 0 fully saturated rings. The zero-order chi connectivity index (χ0) is 14.5. The van der Waals surface area contributed by atoms with Crippen LogP contribution in [0.3, 0.4) is 0 Å². The maximum absolute atomic E-state index is 11.8. The molecule has 0 saturated carbocycles. The molecule has 1 N–H and O–H groups in total. The van der Waals surface area contributed by atoms with Gasteiger partial charge in [-0.1, -0.05) is 29.8 Å². The molecular weight excluding hydrogens is 274 g/mol. The first-order chi connectivity index (χ1) is 9.58. The summed E-state index contributed by atoms with van der Waals surface area (Å²) >= 11 is 6.02. The van der Waals surface area contributed by atoms with Crippen molar-refractivity contribution in [3.05, 3.63) is 58.6 Å². The number of hydrogen-bond acceptors (Lipinski definition) is 2.